The van der Waals surface area contributed by atoms with Crippen LogP contribution < -0.4 is 10.6 Å². The van der Waals surface area contributed by atoms with Crippen molar-refractivity contribution < 1.29 is 0 Å². The summed E-state index contributed by atoms with van der Waals surface area (Å²) in [5, 5.41) is 6.97. The summed E-state index contributed by atoms with van der Waals surface area (Å²) in [7, 11) is 0. The molecule has 0 radical (unpaired) electrons. The highest BCUT2D eigenvalue weighted by Crippen LogP contribution is 2.25. The van der Waals surface area contributed by atoms with E-state index in [2.05, 4.69) is 60.9 Å². The fourth-order valence-electron chi connectivity index (χ4n) is 1.85. The molecule has 0 aliphatic heterocycles. The molecule has 2 aromatic rings. The molecule has 19 heavy (non-hydrogen) atoms. The zero-order valence-electron chi connectivity index (χ0n) is 11.7. The maximum atomic E-state index is 3.52. The van der Waals surface area contributed by atoms with Crippen LogP contribution in [0.5, 0.6) is 0 Å². The van der Waals surface area contributed by atoms with E-state index in [1.165, 1.54) is 6.42 Å². The van der Waals surface area contributed by atoms with E-state index < -0.39 is 0 Å². The molecule has 0 heterocycles. The van der Waals surface area contributed by atoms with Gasteiger partial charge in [0.05, 0.1) is 11.4 Å². The lowest BCUT2D eigenvalue weighted by molar-refractivity contribution is 0.593. The average Bonchev–Trinajstić information content (AvgIpc) is 2.47. The van der Waals surface area contributed by atoms with Crippen molar-refractivity contribution in [3.8, 4) is 0 Å². The maximum Gasteiger partial charge on any atom is 0.0620 e. The van der Waals surface area contributed by atoms with Crippen molar-refractivity contribution in [1.29, 1.82) is 0 Å². The zero-order valence-corrected chi connectivity index (χ0v) is 11.7. The molecule has 0 bridgehead atoms. The molecular weight excluding hydrogens is 232 g/mol. The van der Waals surface area contributed by atoms with Gasteiger partial charge in [-0.1, -0.05) is 50.6 Å². The first-order valence-electron chi connectivity index (χ1n) is 6.94. The first kappa shape index (κ1) is 13.5. The first-order chi connectivity index (χ1) is 9.29. The Hall–Kier alpha value is -1.96. The Morgan fingerprint density at radius 3 is 2.21 bits per heavy atom. The molecule has 2 heteroatoms. The third-order valence-electron chi connectivity index (χ3n) is 3.32. The van der Waals surface area contributed by atoms with Crippen molar-refractivity contribution in [1.82, 2.24) is 0 Å². The van der Waals surface area contributed by atoms with E-state index in [1.54, 1.807) is 0 Å². The van der Waals surface area contributed by atoms with E-state index in [9.17, 15) is 0 Å². The van der Waals surface area contributed by atoms with Gasteiger partial charge in [0, 0.05) is 12.2 Å². The standard InChI is InChI=1S/C17H22N2/c1-3-14(2)13-18-16-11-7-8-12-17(16)19-15-9-5-4-6-10-15/h4-12,14,18-19H,3,13H2,1-2H3. The molecule has 1 unspecified atom stereocenters. The highest BCUT2D eigenvalue weighted by atomic mass is 15.0. The fraction of sp³-hybridized carbons (Fsp3) is 0.294. The summed E-state index contributed by atoms with van der Waals surface area (Å²) in [5.41, 5.74) is 3.39. The van der Waals surface area contributed by atoms with Gasteiger partial charge in [-0.15, -0.1) is 0 Å². The molecule has 100 valence electrons. The van der Waals surface area contributed by atoms with Gasteiger partial charge in [-0.05, 0) is 30.2 Å². The number of nitrogens with one attached hydrogen (secondary N) is 2. The number of para-hydroxylation sites is 3. The minimum absolute atomic E-state index is 0.685. The lowest BCUT2D eigenvalue weighted by Crippen LogP contribution is -2.11. The SMILES string of the molecule is CCC(C)CNc1ccccc1Nc1ccccc1. The second-order valence-corrected chi connectivity index (χ2v) is 4.93. The summed E-state index contributed by atoms with van der Waals surface area (Å²) >= 11 is 0. The van der Waals surface area contributed by atoms with Gasteiger partial charge in [0.25, 0.3) is 0 Å². The Morgan fingerprint density at radius 1 is 0.895 bits per heavy atom. The average molecular weight is 254 g/mol. The molecule has 1 atom stereocenters. The summed E-state index contributed by atoms with van der Waals surface area (Å²) in [4.78, 5) is 0. The van der Waals surface area contributed by atoms with Crippen molar-refractivity contribution in [2.45, 2.75) is 20.3 Å². The van der Waals surface area contributed by atoms with Crippen LogP contribution in [0.15, 0.2) is 54.6 Å². The summed E-state index contributed by atoms with van der Waals surface area (Å²) in [5.74, 6) is 0.685. The van der Waals surface area contributed by atoms with E-state index >= 15 is 0 Å². The monoisotopic (exact) mass is 254 g/mol. The number of benzene rings is 2. The van der Waals surface area contributed by atoms with E-state index in [1.807, 2.05) is 18.2 Å². The van der Waals surface area contributed by atoms with Crippen LogP contribution in [0, 0.1) is 5.92 Å². The Bertz CT molecular complexity index is 494. The van der Waals surface area contributed by atoms with Gasteiger partial charge in [0.1, 0.15) is 0 Å². The number of hydrogen-bond acceptors (Lipinski definition) is 2. The van der Waals surface area contributed by atoms with Crippen LogP contribution in [0.25, 0.3) is 0 Å². The molecule has 0 amide bonds. The number of anilines is 3. The van der Waals surface area contributed by atoms with Crippen LogP contribution in [-0.2, 0) is 0 Å². The van der Waals surface area contributed by atoms with Crippen molar-refractivity contribution >= 4 is 17.1 Å². The summed E-state index contributed by atoms with van der Waals surface area (Å²) < 4.78 is 0. The molecular formula is C17H22N2. The van der Waals surface area contributed by atoms with Crippen LogP contribution >= 0.6 is 0 Å². The highest BCUT2D eigenvalue weighted by molar-refractivity contribution is 5.74. The molecule has 2 aromatic carbocycles. The lowest BCUT2D eigenvalue weighted by Gasteiger charge is -2.16. The van der Waals surface area contributed by atoms with E-state index in [0.717, 1.165) is 23.6 Å². The van der Waals surface area contributed by atoms with Crippen molar-refractivity contribution in [2.24, 2.45) is 5.92 Å². The highest BCUT2D eigenvalue weighted by Gasteiger charge is 2.03. The Kier molecular flexibility index (Phi) is 4.85. The molecule has 0 aliphatic carbocycles. The van der Waals surface area contributed by atoms with Crippen molar-refractivity contribution in [3.63, 3.8) is 0 Å². The lowest BCUT2D eigenvalue weighted by atomic mass is 10.1. The van der Waals surface area contributed by atoms with Gasteiger partial charge in [-0.3, -0.25) is 0 Å². The smallest absolute Gasteiger partial charge is 0.0620 e. The van der Waals surface area contributed by atoms with Gasteiger partial charge in [0.15, 0.2) is 0 Å². The van der Waals surface area contributed by atoms with Gasteiger partial charge in [-0.2, -0.15) is 0 Å². The van der Waals surface area contributed by atoms with Crippen molar-refractivity contribution in [3.05, 3.63) is 54.6 Å². The Balaban J connectivity index is 2.08. The first-order valence-corrected chi connectivity index (χ1v) is 6.94. The summed E-state index contributed by atoms with van der Waals surface area (Å²) in [6, 6.07) is 18.6. The second-order valence-electron chi connectivity index (χ2n) is 4.93. The zero-order chi connectivity index (χ0) is 13.5. The predicted molar refractivity (Wildman–Crippen MR) is 84.1 cm³/mol. The molecule has 0 saturated carbocycles. The molecule has 0 aliphatic rings. The van der Waals surface area contributed by atoms with Gasteiger partial charge >= 0.3 is 0 Å². The minimum atomic E-state index is 0.685. The minimum Gasteiger partial charge on any atom is -0.383 e. The molecule has 0 saturated heterocycles. The Labute approximate surface area is 115 Å². The molecule has 0 spiro atoms. The van der Waals surface area contributed by atoms with Crippen LogP contribution in [0.4, 0.5) is 17.1 Å². The predicted octanol–water partition coefficient (Wildman–Crippen LogP) is 4.89. The third-order valence-corrected chi connectivity index (χ3v) is 3.32. The van der Waals surface area contributed by atoms with E-state index in [-0.39, 0.29) is 0 Å². The molecule has 2 rings (SSSR count). The van der Waals surface area contributed by atoms with Crippen LogP contribution in [0.3, 0.4) is 0 Å². The number of rotatable bonds is 6. The normalized spacial score (nSPS) is 11.9. The molecule has 0 fully saturated rings. The topological polar surface area (TPSA) is 24.1 Å². The van der Waals surface area contributed by atoms with Crippen LogP contribution in [0.1, 0.15) is 20.3 Å². The fourth-order valence-corrected chi connectivity index (χ4v) is 1.85. The maximum absolute atomic E-state index is 3.52. The summed E-state index contributed by atoms with van der Waals surface area (Å²) in [6.45, 7) is 5.49. The second kappa shape index (κ2) is 6.83. The van der Waals surface area contributed by atoms with Gasteiger partial charge in [-0.25, -0.2) is 0 Å². The van der Waals surface area contributed by atoms with Crippen LogP contribution in [0.2, 0.25) is 0 Å². The molecule has 2 nitrogen and oxygen atoms in total. The van der Waals surface area contributed by atoms with Crippen LogP contribution in [-0.4, -0.2) is 6.54 Å². The van der Waals surface area contributed by atoms with E-state index in [4.69, 9.17) is 0 Å². The largest absolute Gasteiger partial charge is 0.383 e. The number of hydrogen-bond donors (Lipinski definition) is 2. The Morgan fingerprint density at radius 2 is 1.53 bits per heavy atom. The molecule has 2 N–H and O–H groups in total. The van der Waals surface area contributed by atoms with Gasteiger partial charge in [0.2, 0.25) is 0 Å². The third kappa shape index (κ3) is 4.02. The van der Waals surface area contributed by atoms with Crippen molar-refractivity contribution in [2.75, 3.05) is 17.2 Å². The molecule has 0 aromatic heterocycles. The summed E-state index contributed by atoms with van der Waals surface area (Å²) in [6.07, 6.45) is 1.20. The van der Waals surface area contributed by atoms with E-state index in [0.29, 0.717) is 5.92 Å². The quantitative estimate of drug-likeness (QED) is 0.767. The van der Waals surface area contributed by atoms with Gasteiger partial charge < -0.3 is 10.6 Å².